The number of hydrogen-bond donors (Lipinski definition) is 1. The number of esters is 2. The van der Waals surface area contributed by atoms with Crippen LogP contribution in [0.1, 0.15) is 168 Å². The molecular formula is C51H80O5. The van der Waals surface area contributed by atoms with E-state index in [0.717, 1.165) is 109 Å². The first-order chi connectivity index (χ1) is 27.6. The molecule has 0 aliphatic rings. The quantitative estimate of drug-likeness (QED) is 0.0384. The number of allylic oxidation sites excluding steroid dienone is 20. The largest absolute Gasteiger partial charge is 0.462 e. The topological polar surface area (TPSA) is 72.8 Å². The molecule has 1 unspecified atom stereocenters. The van der Waals surface area contributed by atoms with Crippen molar-refractivity contribution in [1.82, 2.24) is 0 Å². The standard InChI is InChI=1S/C51H80O5/c1-3-5-7-9-11-13-15-16-17-18-19-20-21-22-23-24-25-26-27-28-29-30-31-32-33-34-36-38-40-42-44-46-51(54)56-49(47-52)48-55-50(53)45-43-41-39-37-35-14-12-10-8-6-4-2/h5,7,10-13,16-17,19-20,22-23,25-26,28-29,31-32,34,36,49,52H,3-4,6,8-9,14-15,18,21,24,27,30,33,35,37-48H2,1-2H3/b7-5-,12-10-,13-11-,17-16-,20-19-,23-22-,26-25-,29-28-,32-31-,36-34-. The lowest BCUT2D eigenvalue weighted by Gasteiger charge is -2.15. The molecule has 0 amide bonds. The molecule has 314 valence electrons. The van der Waals surface area contributed by atoms with E-state index < -0.39 is 6.10 Å². The molecule has 0 aromatic rings. The van der Waals surface area contributed by atoms with E-state index in [-0.39, 0.29) is 25.2 Å². The first kappa shape index (κ1) is 52.3. The third kappa shape index (κ3) is 43.0. The van der Waals surface area contributed by atoms with Gasteiger partial charge in [-0.15, -0.1) is 0 Å². The van der Waals surface area contributed by atoms with Gasteiger partial charge in [0.25, 0.3) is 0 Å². The molecule has 0 aliphatic heterocycles. The predicted octanol–water partition coefficient (Wildman–Crippen LogP) is 14.4. The van der Waals surface area contributed by atoms with Crippen LogP contribution in [0.15, 0.2) is 122 Å². The Labute approximate surface area is 343 Å². The number of carbonyl (C=O) groups excluding carboxylic acids is 2. The molecule has 0 bridgehead atoms. The average molecular weight is 773 g/mol. The van der Waals surface area contributed by atoms with E-state index in [2.05, 4.69) is 135 Å². The minimum Gasteiger partial charge on any atom is -0.462 e. The minimum absolute atomic E-state index is 0.0920. The lowest BCUT2D eigenvalue weighted by Crippen LogP contribution is -2.28. The Bertz CT molecular complexity index is 1190. The summed E-state index contributed by atoms with van der Waals surface area (Å²) in [6.45, 7) is 3.92. The average Bonchev–Trinajstić information content (AvgIpc) is 3.20. The van der Waals surface area contributed by atoms with Crippen LogP contribution in [0.5, 0.6) is 0 Å². The molecule has 5 heteroatoms. The summed E-state index contributed by atoms with van der Waals surface area (Å²) >= 11 is 0. The summed E-state index contributed by atoms with van der Waals surface area (Å²) in [6, 6.07) is 0. The zero-order chi connectivity index (χ0) is 40.7. The number of aliphatic hydroxyl groups is 1. The van der Waals surface area contributed by atoms with Gasteiger partial charge >= 0.3 is 11.9 Å². The highest BCUT2D eigenvalue weighted by Gasteiger charge is 2.16. The summed E-state index contributed by atoms with van der Waals surface area (Å²) in [4.78, 5) is 24.2. The normalized spacial score (nSPS) is 13.4. The third-order valence-electron chi connectivity index (χ3n) is 8.74. The van der Waals surface area contributed by atoms with Gasteiger partial charge in [-0.05, 0) is 103 Å². The van der Waals surface area contributed by atoms with Crippen LogP contribution in [0, 0.1) is 0 Å². The van der Waals surface area contributed by atoms with Gasteiger partial charge in [-0.2, -0.15) is 0 Å². The molecule has 0 radical (unpaired) electrons. The van der Waals surface area contributed by atoms with Crippen molar-refractivity contribution in [2.75, 3.05) is 13.2 Å². The fourth-order valence-corrected chi connectivity index (χ4v) is 5.41. The van der Waals surface area contributed by atoms with Crippen molar-refractivity contribution in [1.29, 1.82) is 0 Å². The summed E-state index contributed by atoms with van der Waals surface area (Å²) in [7, 11) is 0. The van der Waals surface area contributed by atoms with Gasteiger partial charge in [0.15, 0.2) is 6.10 Å². The molecule has 0 saturated carbocycles. The zero-order valence-electron chi connectivity index (χ0n) is 35.6. The van der Waals surface area contributed by atoms with Gasteiger partial charge in [0.05, 0.1) is 6.61 Å². The highest BCUT2D eigenvalue weighted by atomic mass is 16.6. The molecule has 5 nitrogen and oxygen atoms in total. The van der Waals surface area contributed by atoms with Crippen molar-refractivity contribution in [3.8, 4) is 0 Å². The van der Waals surface area contributed by atoms with E-state index in [1.54, 1.807) is 0 Å². The molecule has 0 rings (SSSR count). The van der Waals surface area contributed by atoms with E-state index in [1.807, 2.05) is 0 Å². The van der Waals surface area contributed by atoms with Gasteiger partial charge in [-0.3, -0.25) is 9.59 Å². The SMILES string of the molecule is CC/C=C\C/C=C\C/C=C\C/C=C\C/C=C\C/C=C\C/C=C\C/C=C\C/C=C\CCCCCC(=O)OC(CO)COC(=O)CCCCCCC/C=C\CCCC. The molecule has 0 aromatic heterocycles. The summed E-state index contributed by atoms with van der Waals surface area (Å²) < 4.78 is 10.6. The molecule has 0 spiro atoms. The van der Waals surface area contributed by atoms with E-state index >= 15 is 0 Å². The number of ether oxygens (including phenoxy) is 2. The van der Waals surface area contributed by atoms with Gasteiger partial charge < -0.3 is 14.6 Å². The number of carbonyl (C=O) groups is 2. The van der Waals surface area contributed by atoms with E-state index in [0.29, 0.717) is 12.8 Å². The van der Waals surface area contributed by atoms with Gasteiger partial charge in [-0.1, -0.05) is 174 Å². The van der Waals surface area contributed by atoms with Gasteiger partial charge in [-0.25, -0.2) is 0 Å². The van der Waals surface area contributed by atoms with Gasteiger partial charge in [0, 0.05) is 12.8 Å². The Morgan fingerprint density at radius 3 is 1.20 bits per heavy atom. The predicted molar refractivity (Wildman–Crippen MR) is 241 cm³/mol. The number of hydrogen-bond acceptors (Lipinski definition) is 5. The Morgan fingerprint density at radius 2 is 0.768 bits per heavy atom. The number of unbranched alkanes of at least 4 members (excludes halogenated alkanes) is 10. The molecule has 0 aromatic carbocycles. The van der Waals surface area contributed by atoms with Crippen molar-refractivity contribution < 1.29 is 24.2 Å². The van der Waals surface area contributed by atoms with Crippen LogP contribution in [0.25, 0.3) is 0 Å². The summed E-state index contributed by atoms with van der Waals surface area (Å²) in [5, 5.41) is 9.56. The second-order valence-electron chi connectivity index (χ2n) is 14.0. The summed E-state index contributed by atoms with van der Waals surface area (Å²) in [5.74, 6) is -0.654. The Balaban J connectivity index is 3.71. The van der Waals surface area contributed by atoms with Crippen LogP contribution in [0.4, 0.5) is 0 Å². The highest BCUT2D eigenvalue weighted by Crippen LogP contribution is 2.10. The molecule has 0 aliphatic carbocycles. The van der Waals surface area contributed by atoms with Crippen molar-refractivity contribution in [2.24, 2.45) is 0 Å². The number of aliphatic hydroxyl groups excluding tert-OH is 1. The maximum atomic E-state index is 12.2. The molecule has 0 fully saturated rings. The Morgan fingerprint density at radius 1 is 0.429 bits per heavy atom. The minimum atomic E-state index is -0.800. The van der Waals surface area contributed by atoms with Crippen LogP contribution in [0.3, 0.4) is 0 Å². The molecule has 0 heterocycles. The number of rotatable bonds is 38. The molecule has 1 N–H and O–H groups in total. The highest BCUT2D eigenvalue weighted by molar-refractivity contribution is 5.70. The van der Waals surface area contributed by atoms with Crippen molar-refractivity contribution in [2.45, 2.75) is 174 Å². The molecule has 56 heavy (non-hydrogen) atoms. The first-order valence-electron chi connectivity index (χ1n) is 22.1. The van der Waals surface area contributed by atoms with Crippen molar-refractivity contribution in [3.05, 3.63) is 122 Å². The van der Waals surface area contributed by atoms with Gasteiger partial charge in [0.1, 0.15) is 6.61 Å². The third-order valence-corrected chi connectivity index (χ3v) is 8.74. The fourth-order valence-electron chi connectivity index (χ4n) is 5.41. The smallest absolute Gasteiger partial charge is 0.306 e. The fraction of sp³-hybridized carbons (Fsp3) is 0.569. The maximum Gasteiger partial charge on any atom is 0.306 e. The monoisotopic (exact) mass is 773 g/mol. The van der Waals surface area contributed by atoms with Gasteiger partial charge in [0.2, 0.25) is 0 Å². The van der Waals surface area contributed by atoms with E-state index in [4.69, 9.17) is 9.47 Å². The van der Waals surface area contributed by atoms with E-state index in [9.17, 15) is 14.7 Å². The summed E-state index contributed by atoms with van der Waals surface area (Å²) in [6.07, 6.45) is 67.0. The Kier molecular flexibility index (Phi) is 42.7. The van der Waals surface area contributed by atoms with Crippen molar-refractivity contribution >= 4 is 11.9 Å². The lowest BCUT2D eigenvalue weighted by molar-refractivity contribution is -0.161. The van der Waals surface area contributed by atoms with Crippen LogP contribution in [-0.2, 0) is 19.1 Å². The van der Waals surface area contributed by atoms with Crippen molar-refractivity contribution in [3.63, 3.8) is 0 Å². The van der Waals surface area contributed by atoms with Crippen LogP contribution in [0.2, 0.25) is 0 Å². The molecule has 1 atom stereocenters. The van der Waals surface area contributed by atoms with Crippen LogP contribution in [-0.4, -0.2) is 36.4 Å². The second kappa shape index (κ2) is 45.7. The maximum absolute atomic E-state index is 12.2. The zero-order valence-corrected chi connectivity index (χ0v) is 35.6. The lowest BCUT2D eigenvalue weighted by atomic mass is 10.1. The molecule has 0 saturated heterocycles. The van der Waals surface area contributed by atoms with Crippen LogP contribution < -0.4 is 0 Å². The second-order valence-corrected chi connectivity index (χ2v) is 14.0. The summed E-state index contributed by atoms with van der Waals surface area (Å²) in [5.41, 5.74) is 0. The van der Waals surface area contributed by atoms with Crippen LogP contribution >= 0.6 is 0 Å². The first-order valence-corrected chi connectivity index (χ1v) is 22.1. The molecular weight excluding hydrogens is 693 g/mol. The van der Waals surface area contributed by atoms with E-state index in [1.165, 1.54) is 32.1 Å². The Hall–Kier alpha value is -3.70.